The second kappa shape index (κ2) is 8.60. The second-order valence-corrected chi connectivity index (χ2v) is 9.02. The van der Waals surface area contributed by atoms with Crippen molar-refractivity contribution in [3.8, 4) is 5.75 Å². The van der Waals surface area contributed by atoms with Gasteiger partial charge in [0.05, 0.1) is 18.5 Å². The Balaban J connectivity index is 1.44. The first-order valence-corrected chi connectivity index (χ1v) is 11.2. The van der Waals surface area contributed by atoms with Crippen molar-refractivity contribution in [2.45, 2.75) is 58.4 Å². The Labute approximate surface area is 179 Å². The van der Waals surface area contributed by atoms with Crippen molar-refractivity contribution in [2.24, 2.45) is 0 Å². The maximum Gasteiger partial charge on any atom is 0.259 e. The predicted molar refractivity (Wildman–Crippen MR) is 119 cm³/mol. The highest BCUT2D eigenvalue weighted by Crippen LogP contribution is 2.33. The van der Waals surface area contributed by atoms with E-state index < -0.39 is 0 Å². The summed E-state index contributed by atoms with van der Waals surface area (Å²) in [5.74, 6) is 1.24. The minimum atomic E-state index is -0.175. The number of nitrogens with one attached hydrogen (secondary N) is 2. The first kappa shape index (κ1) is 20.6. The van der Waals surface area contributed by atoms with Crippen molar-refractivity contribution in [3.05, 3.63) is 55.9 Å². The van der Waals surface area contributed by atoms with Crippen LogP contribution in [0.5, 0.6) is 5.75 Å². The molecule has 0 radical (unpaired) electrons. The first-order chi connectivity index (χ1) is 14.5. The number of benzene rings is 1. The number of fused-ring (bicyclic) bond motifs is 3. The molecule has 1 aliphatic carbocycles. The van der Waals surface area contributed by atoms with Crippen molar-refractivity contribution in [1.29, 1.82) is 0 Å². The molecule has 7 heteroatoms. The Hall–Kier alpha value is -2.67. The highest BCUT2D eigenvalue weighted by Gasteiger charge is 2.20. The molecular weight excluding hydrogens is 398 g/mol. The van der Waals surface area contributed by atoms with Gasteiger partial charge in [-0.3, -0.25) is 9.59 Å². The summed E-state index contributed by atoms with van der Waals surface area (Å²) in [5, 5.41) is 3.78. The molecule has 1 aromatic carbocycles. The predicted octanol–water partition coefficient (Wildman–Crippen LogP) is 3.99. The summed E-state index contributed by atoms with van der Waals surface area (Å²) in [4.78, 5) is 34.8. The van der Waals surface area contributed by atoms with E-state index in [1.54, 1.807) is 18.4 Å². The van der Waals surface area contributed by atoms with Gasteiger partial charge in [0.2, 0.25) is 5.91 Å². The number of carbonyl (C=O) groups excluding carboxylic acids is 1. The molecular formula is C23H27N3O3S. The van der Waals surface area contributed by atoms with E-state index in [4.69, 9.17) is 4.74 Å². The number of H-pyrrole nitrogens is 1. The van der Waals surface area contributed by atoms with E-state index in [9.17, 15) is 9.59 Å². The molecule has 2 aromatic heterocycles. The van der Waals surface area contributed by atoms with E-state index in [1.165, 1.54) is 16.9 Å². The lowest BCUT2D eigenvalue weighted by molar-refractivity contribution is -0.121. The van der Waals surface area contributed by atoms with E-state index >= 15 is 0 Å². The van der Waals surface area contributed by atoms with Crippen LogP contribution in [-0.4, -0.2) is 23.0 Å². The second-order valence-electron chi connectivity index (χ2n) is 7.94. The molecule has 2 N–H and O–H groups in total. The van der Waals surface area contributed by atoms with Crippen LogP contribution in [0.3, 0.4) is 0 Å². The summed E-state index contributed by atoms with van der Waals surface area (Å²) in [6.45, 7) is 3.95. The van der Waals surface area contributed by atoms with Gasteiger partial charge >= 0.3 is 0 Å². The number of amides is 1. The first-order valence-electron chi connectivity index (χ1n) is 10.4. The lowest BCUT2D eigenvalue weighted by Gasteiger charge is -2.18. The fraction of sp³-hybridized carbons (Fsp3) is 0.435. The number of thiophene rings is 1. The third kappa shape index (κ3) is 4.12. The van der Waals surface area contributed by atoms with Crippen molar-refractivity contribution < 1.29 is 9.53 Å². The zero-order valence-electron chi connectivity index (χ0n) is 17.6. The standard InChI is InChI=1S/C23H27N3O3S/c1-13-8-9-17(29-3)16(12-13)14(2)24-20(27)11-10-19-25-22(28)21-15-6-4-5-7-18(15)30-23(21)26-19/h8-9,12,14H,4-7,10-11H2,1-3H3,(H,24,27)(H,25,26,28). The van der Waals surface area contributed by atoms with Gasteiger partial charge in [-0.1, -0.05) is 17.7 Å². The lowest BCUT2D eigenvalue weighted by Crippen LogP contribution is -2.27. The average Bonchev–Trinajstić information content (AvgIpc) is 3.11. The smallest absolute Gasteiger partial charge is 0.259 e. The molecule has 0 bridgehead atoms. The number of carbonyl (C=O) groups is 1. The maximum absolute atomic E-state index is 12.6. The molecule has 1 atom stereocenters. The van der Waals surface area contributed by atoms with Crippen molar-refractivity contribution >= 4 is 27.5 Å². The SMILES string of the molecule is COc1ccc(C)cc1C(C)NC(=O)CCc1nc2sc3c(c2c(=O)[nH]1)CCCC3. The number of aromatic nitrogens is 2. The summed E-state index contributed by atoms with van der Waals surface area (Å²) in [6, 6.07) is 5.75. The van der Waals surface area contributed by atoms with Crippen molar-refractivity contribution in [1.82, 2.24) is 15.3 Å². The van der Waals surface area contributed by atoms with Gasteiger partial charge in [0.25, 0.3) is 5.56 Å². The highest BCUT2D eigenvalue weighted by molar-refractivity contribution is 7.18. The Morgan fingerprint density at radius 3 is 2.93 bits per heavy atom. The molecule has 2 heterocycles. The zero-order chi connectivity index (χ0) is 21.3. The van der Waals surface area contributed by atoms with Crippen LogP contribution in [0.4, 0.5) is 0 Å². The summed E-state index contributed by atoms with van der Waals surface area (Å²) in [5.41, 5.74) is 3.16. The molecule has 0 saturated carbocycles. The molecule has 3 aromatic rings. The highest BCUT2D eigenvalue weighted by atomic mass is 32.1. The molecule has 0 spiro atoms. The fourth-order valence-corrected chi connectivity index (χ4v) is 5.42. The molecule has 6 nitrogen and oxygen atoms in total. The van der Waals surface area contributed by atoms with E-state index in [0.29, 0.717) is 12.2 Å². The lowest BCUT2D eigenvalue weighted by atomic mass is 9.97. The third-order valence-electron chi connectivity index (χ3n) is 5.69. The summed E-state index contributed by atoms with van der Waals surface area (Å²) >= 11 is 1.63. The molecule has 1 aliphatic rings. The van der Waals surface area contributed by atoms with Crippen LogP contribution in [0.25, 0.3) is 10.2 Å². The van der Waals surface area contributed by atoms with Crippen LogP contribution in [0.1, 0.15) is 59.6 Å². The number of hydrogen-bond donors (Lipinski definition) is 2. The number of nitrogens with zero attached hydrogens (tertiary/aromatic N) is 1. The van der Waals surface area contributed by atoms with Gasteiger partial charge in [-0.2, -0.15) is 0 Å². The van der Waals surface area contributed by atoms with Gasteiger partial charge in [0.15, 0.2) is 0 Å². The topological polar surface area (TPSA) is 84.1 Å². The van der Waals surface area contributed by atoms with Crippen LogP contribution in [-0.2, 0) is 24.1 Å². The van der Waals surface area contributed by atoms with Gasteiger partial charge < -0.3 is 15.0 Å². The van der Waals surface area contributed by atoms with Gasteiger partial charge in [-0.05, 0) is 51.2 Å². The summed E-state index contributed by atoms with van der Waals surface area (Å²) < 4.78 is 5.42. The fourth-order valence-electron chi connectivity index (χ4n) is 4.14. The van der Waals surface area contributed by atoms with Crippen LogP contribution in [0.15, 0.2) is 23.0 Å². The quantitative estimate of drug-likeness (QED) is 0.625. The van der Waals surface area contributed by atoms with E-state index in [1.807, 2.05) is 32.0 Å². The Morgan fingerprint density at radius 1 is 1.33 bits per heavy atom. The Morgan fingerprint density at radius 2 is 2.13 bits per heavy atom. The molecule has 1 amide bonds. The molecule has 1 unspecified atom stereocenters. The molecule has 0 saturated heterocycles. The number of methoxy groups -OCH3 is 1. The number of rotatable bonds is 6. The maximum atomic E-state index is 12.6. The van der Waals surface area contributed by atoms with Crippen molar-refractivity contribution in [3.63, 3.8) is 0 Å². The molecule has 0 aliphatic heterocycles. The van der Waals surface area contributed by atoms with Crippen LogP contribution >= 0.6 is 11.3 Å². The van der Waals surface area contributed by atoms with Gasteiger partial charge in [0, 0.05) is 23.3 Å². The average molecular weight is 426 g/mol. The van der Waals surface area contributed by atoms with Crippen LogP contribution < -0.4 is 15.6 Å². The summed E-state index contributed by atoms with van der Waals surface area (Å²) in [7, 11) is 1.63. The van der Waals surface area contributed by atoms with Crippen LogP contribution in [0.2, 0.25) is 0 Å². The third-order valence-corrected chi connectivity index (χ3v) is 6.88. The normalized spacial score (nSPS) is 14.4. The number of aryl methyl sites for hydroxylation is 4. The molecule has 30 heavy (non-hydrogen) atoms. The Bertz CT molecular complexity index is 1150. The summed E-state index contributed by atoms with van der Waals surface area (Å²) in [6.07, 6.45) is 4.96. The number of hydrogen-bond acceptors (Lipinski definition) is 5. The van der Waals surface area contributed by atoms with E-state index in [2.05, 4.69) is 15.3 Å². The minimum absolute atomic E-state index is 0.0762. The monoisotopic (exact) mass is 425 g/mol. The molecule has 0 fully saturated rings. The Kier molecular flexibility index (Phi) is 5.90. The minimum Gasteiger partial charge on any atom is -0.496 e. The van der Waals surface area contributed by atoms with Gasteiger partial charge in [0.1, 0.15) is 16.4 Å². The zero-order valence-corrected chi connectivity index (χ0v) is 18.4. The van der Waals surface area contributed by atoms with Crippen molar-refractivity contribution in [2.75, 3.05) is 7.11 Å². The molecule has 4 rings (SSSR count). The largest absolute Gasteiger partial charge is 0.496 e. The number of ether oxygens (including phenoxy) is 1. The van der Waals surface area contributed by atoms with Crippen LogP contribution in [0, 0.1) is 6.92 Å². The molecule has 158 valence electrons. The number of aromatic amines is 1. The van der Waals surface area contributed by atoms with Gasteiger partial charge in [-0.15, -0.1) is 11.3 Å². The van der Waals surface area contributed by atoms with Gasteiger partial charge in [-0.25, -0.2) is 4.98 Å². The van der Waals surface area contributed by atoms with E-state index in [-0.39, 0.29) is 23.9 Å². The van der Waals surface area contributed by atoms with E-state index in [0.717, 1.165) is 46.4 Å².